The standard InChI is InChI=1S/C4H4N4O2/c5-4-3(8(9)10)1-6-2-7-4/h1-2H,(H2,5,6,7). The van der Waals surface area contributed by atoms with Gasteiger partial charge in [0.05, 0.1) is 4.92 Å². The van der Waals surface area contributed by atoms with Gasteiger partial charge in [-0.05, 0) is 0 Å². The van der Waals surface area contributed by atoms with Gasteiger partial charge in [0.1, 0.15) is 12.5 Å². The molecule has 0 aliphatic rings. The molecular weight excluding hydrogens is 136 g/mol. The van der Waals surface area contributed by atoms with E-state index < -0.39 is 4.92 Å². The Balaban J connectivity index is 3.15. The summed E-state index contributed by atoms with van der Waals surface area (Å²) in [5.41, 5.74) is 4.87. The molecule has 0 aliphatic heterocycles. The third-order valence-electron chi connectivity index (χ3n) is 0.919. The number of anilines is 1. The second-order valence-corrected chi connectivity index (χ2v) is 1.55. The largest absolute Gasteiger partial charge is 0.378 e. The van der Waals surface area contributed by atoms with Crippen LogP contribution in [0.5, 0.6) is 0 Å². The molecule has 0 fully saturated rings. The molecule has 0 unspecified atom stereocenters. The predicted molar refractivity (Wildman–Crippen MR) is 33.1 cm³/mol. The molecule has 0 radical (unpaired) electrons. The number of nitro groups is 1. The van der Waals surface area contributed by atoms with Crippen molar-refractivity contribution in [1.82, 2.24) is 9.97 Å². The van der Waals surface area contributed by atoms with Crippen LogP contribution < -0.4 is 5.73 Å². The highest BCUT2D eigenvalue weighted by atomic mass is 16.6. The van der Waals surface area contributed by atoms with E-state index in [1.807, 2.05) is 0 Å². The molecule has 0 aliphatic carbocycles. The molecule has 1 aromatic heterocycles. The number of nitrogens with two attached hydrogens (primary N) is 1. The van der Waals surface area contributed by atoms with Crippen molar-refractivity contribution >= 4 is 11.5 Å². The SMILES string of the molecule is Nc1ncncc1[N+](=O)[O-]. The zero-order chi connectivity index (χ0) is 7.56. The summed E-state index contributed by atoms with van der Waals surface area (Å²) < 4.78 is 0. The normalized spacial score (nSPS) is 9.20. The zero-order valence-corrected chi connectivity index (χ0v) is 4.89. The molecule has 0 saturated carbocycles. The van der Waals surface area contributed by atoms with Crippen LogP contribution in [-0.4, -0.2) is 14.9 Å². The fourth-order valence-corrected chi connectivity index (χ4v) is 0.472. The summed E-state index contributed by atoms with van der Waals surface area (Å²) in [6.07, 6.45) is 2.21. The molecule has 1 rings (SSSR count). The minimum absolute atomic E-state index is 0.111. The lowest BCUT2D eigenvalue weighted by Crippen LogP contribution is -1.98. The van der Waals surface area contributed by atoms with E-state index in [0.717, 1.165) is 12.5 Å². The van der Waals surface area contributed by atoms with Gasteiger partial charge in [-0.3, -0.25) is 10.1 Å². The molecule has 6 nitrogen and oxygen atoms in total. The number of aromatic nitrogens is 2. The van der Waals surface area contributed by atoms with E-state index in [2.05, 4.69) is 9.97 Å². The van der Waals surface area contributed by atoms with Gasteiger partial charge in [0.2, 0.25) is 5.82 Å². The van der Waals surface area contributed by atoms with Gasteiger partial charge in [-0.2, -0.15) is 0 Å². The van der Waals surface area contributed by atoms with E-state index in [9.17, 15) is 10.1 Å². The Hall–Kier alpha value is -1.72. The van der Waals surface area contributed by atoms with Gasteiger partial charge in [-0.1, -0.05) is 0 Å². The number of nitrogen functional groups attached to an aromatic ring is 1. The van der Waals surface area contributed by atoms with Crippen molar-refractivity contribution in [3.8, 4) is 0 Å². The van der Waals surface area contributed by atoms with Crippen LogP contribution in [0.2, 0.25) is 0 Å². The number of hydrogen-bond acceptors (Lipinski definition) is 5. The van der Waals surface area contributed by atoms with Gasteiger partial charge < -0.3 is 5.73 Å². The molecule has 0 atom stereocenters. The first-order chi connectivity index (χ1) is 4.72. The second-order valence-electron chi connectivity index (χ2n) is 1.55. The molecule has 1 heterocycles. The van der Waals surface area contributed by atoms with Crippen LogP contribution in [0.3, 0.4) is 0 Å². The van der Waals surface area contributed by atoms with E-state index in [4.69, 9.17) is 5.73 Å². The van der Waals surface area contributed by atoms with E-state index in [1.54, 1.807) is 0 Å². The van der Waals surface area contributed by atoms with Crippen molar-refractivity contribution in [2.45, 2.75) is 0 Å². The Morgan fingerprint density at radius 2 is 2.40 bits per heavy atom. The van der Waals surface area contributed by atoms with E-state index >= 15 is 0 Å². The van der Waals surface area contributed by atoms with E-state index in [0.29, 0.717) is 0 Å². The molecule has 0 spiro atoms. The lowest BCUT2D eigenvalue weighted by atomic mass is 10.5. The van der Waals surface area contributed by atoms with Crippen molar-refractivity contribution in [3.05, 3.63) is 22.6 Å². The molecule has 10 heavy (non-hydrogen) atoms. The first kappa shape index (κ1) is 6.40. The van der Waals surface area contributed by atoms with E-state index in [1.165, 1.54) is 0 Å². The monoisotopic (exact) mass is 140 g/mol. The first-order valence-corrected chi connectivity index (χ1v) is 2.41. The maximum Gasteiger partial charge on any atom is 0.329 e. The Kier molecular flexibility index (Phi) is 1.44. The summed E-state index contributed by atoms with van der Waals surface area (Å²) in [5.74, 6) is -0.111. The van der Waals surface area contributed by atoms with Crippen molar-refractivity contribution in [2.24, 2.45) is 0 Å². The fraction of sp³-hybridized carbons (Fsp3) is 0. The highest BCUT2D eigenvalue weighted by Gasteiger charge is 2.10. The van der Waals surface area contributed by atoms with Crippen LogP contribution in [0.4, 0.5) is 11.5 Å². The van der Waals surface area contributed by atoms with E-state index in [-0.39, 0.29) is 11.5 Å². The van der Waals surface area contributed by atoms with Crippen molar-refractivity contribution in [2.75, 3.05) is 5.73 Å². The smallest absolute Gasteiger partial charge is 0.329 e. The van der Waals surface area contributed by atoms with Gasteiger partial charge in [0.25, 0.3) is 0 Å². The predicted octanol–water partition coefficient (Wildman–Crippen LogP) is -0.0330. The number of hydrogen-bond donors (Lipinski definition) is 1. The van der Waals surface area contributed by atoms with Crippen LogP contribution in [0.1, 0.15) is 0 Å². The lowest BCUT2D eigenvalue weighted by molar-refractivity contribution is -0.384. The summed E-state index contributed by atoms with van der Waals surface area (Å²) in [7, 11) is 0. The minimum Gasteiger partial charge on any atom is -0.378 e. The van der Waals surface area contributed by atoms with Crippen LogP contribution in [-0.2, 0) is 0 Å². The fourth-order valence-electron chi connectivity index (χ4n) is 0.472. The topological polar surface area (TPSA) is 94.9 Å². The molecule has 52 valence electrons. The highest BCUT2D eigenvalue weighted by molar-refractivity contribution is 5.48. The Morgan fingerprint density at radius 3 is 2.80 bits per heavy atom. The highest BCUT2D eigenvalue weighted by Crippen LogP contribution is 2.13. The summed E-state index contributed by atoms with van der Waals surface area (Å²) in [5, 5.41) is 10.1. The van der Waals surface area contributed by atoms with Crippen LogP contribution >= 0.6 is 0 Å². The van der Waals surface area contributed by atoms with Gasteiger partial charge >= 0.3 is 5.69 Å². The Labute approximate surface area is 55.9 Å². The van der Waals surface area contributed by atoms with Crippen LogP contribution in [0.25, 0.3) is 0 Å². The summed E-state index contributed by atoms with van der Waals surface area (Å²) >= 11 is 0. The zero-order valence-electron chi connectivity index (χ0n) is 4.89. The molecule has 6 heteroatoms. The maximum absolute atomic E-state index is 10.1. The third-order valence-corrected chi connectivity index (χ3v) is 0.919. The average Bonchev–Trinajstić information content (AvgIpc) is 1.88. The Bertz CT molecular complexity index is 261. The van der Waals surface area contributed by atoms with Gasteiger partial charge in [-0.25, -0.2) is 9.97 Å². The van der Waals surface area contributed by atoms with Crippen LogP contribution in [0, 0.1) is 10.1 Å². The molecule has 0 bridgehead atoms. The van der Waals surface area contributed by atoms with Gasteiger partial charge in [0, 0.05) is 0 Å². The molecule has 0 amide bonds. The molecular formula is C4H4N4O2. The second kappa shape index (κ2) is 2.26. The molecule has 0 saturated heterocycles. The quantitative estimate of drug-likeness (QED) is 0.436. The molecule has 1 aromatic rings. The molecule has 0 aromatic carbocycles. The average molecular weight is 140 g/mol. The lowest BCUT2D eigenvalue weighted by Gasteiger charge is -1.91. The summed E-state index contributed by atoms with van der Waals surface area (Å²) in [6, 6.07) is 0. The summed E-state index contributed by atoms with van der Waals surface area (Å²) in [4.78, 5) is 16.3. The van der Waals surface area contributed by atoms with Gasteiger partial charge in [0.15, 0.2) is 0 Å². The third kappa shape index (κ3) is 0.993. The summed E-state index contributed by atoms with van der Waals surface area (Å²) in [6.45, 7) is 0. The van der Waals surface area contributed by atoms with Crippen LogP contribution in [0.15, 0.2) is 12.5 Å². The first-order valence-electron chi connectivity index (χ1n) is 2.41. The Morgan fingerprint density at radius 1 is 1.70 bits per heavy atom. The minimum atomic E-state index is -0.630. The maximum atomic E-state index is 10.1. The molecule has 2 N–H and O–H groups in total. The van der Waals surface area contributed by atoms with Crippen molar-refractivity contribution in [3.63, 3.8) is 0 Å². The number of nitrogens with zero attached hydrogens (tertiary/aromatic N) is 3. The van der Waals surface area contributed by atoms with Crippen molar-refractivity contribution < 1.29 is 4.92 Å². The number of rotatable bonds is 1. The van der Waals surface area contributed by atoms with Gasteiger partial charge in [-0.15, -0.1) is 0 Å². The van der Waals surface area contributed by atoms with Crippen molar-refractivity contribution in [1.29, 1.82) is 0 Å².